The zero-order valence-corrected chi connectivity index (χ0v) is 14.6. The van der Waals surface area contributed by atoms with Crippen molar-refractivity contribution in [3.05, 3.63) is 58.1 Å². The molecule has 2 aromatic rings. The molecule has 0 bridgehead atoms. The monoisotopic (exact) mass is 389 g/mol. The molecule has 0 radical (unpaired) electrons. The van der Waals surface area contributed by atoms with Crippen molar-refractivity contribution in [1.82, 2.24) is 0 Å². The van der Waals surface area contributed by atoms with Gasteiger partial charge < -0.3 is 9.47 Å². The van der Waals surface area contributed by atoms with Crippen LogP contribution in [0.2, 0.25) is 10.0 Å². The molecule has 2 aromatic carbocycles. The lowest BCUT2D eigenvalue weighted by molar-refractivity contribution is 0.0450. The molecular formula is C15H13Cl2NO5S. The second-order valence-corrected chi connectivity index (χ2v) is 7.03. The van der Waals surface area contributed by atoms with Crippen LogP contribution < -0.4 is 9.88 Å². The summed E-state index contributed by atoms with van der Waals surface area (Å²) in [7, 11) is -3.94. The van der Waals surface area contributed by atoms with Gasteiger partial charge in [0, 0.05) is 5.02 Å². The van der Waals surface area contributed by atoms with Crippen LogP contribution in [0.15, 0.2) is 47.4 Å². The second-order valence-electron chi connectivity index (χ2n) is 4.62. The van der Waals surface area contributed by atoms with Gasteiger partial charge in [-0.2, -0.15) is 0 Å². The van der Waals surface area contributed by atoms with E-state index in [1.54, 1.807) is 24.3 Å². The van der Waals surface area contributed by atoms with Gasteiger partial charge >= 0.3 is 5.97 Å². The summed E-state index contributed by atoms with van der Waals surface area (Å²) in [4.78, 5) is 11.8. The Kier molecular flexibility index (Phi) is 6.06. The molecule has 9 heteroatoms. The number of carbonyl (C=O) groups excluding carboxylic acids is 1. The predicted molar refractivity (Wildman–Crippen MR) is 90.1 cm³/mol. The molecule has 0 saturated heterocycles. The van der Waals surface area contributed by atoms with Gasteiger partial charge in [0.15, 0.2) is 0 Å². The third-order valence-corrected chi connectivity index (χ3v) is 4.38. The van der Waals surface area contributed by atoms with Gasteiger partial charge in [0.05, 0.1) is 15.5 Å². The van der Waals surface area contributed by atoms with Gasteiger partial charge in [-0.3, -0.25) is 0 Å². The lowest BCUT2D eigenvalue weighted by atomic mass is 10.2. The first-order chi connectivity index (χ1) is 11.3. The van der Waals surface area contributed by atoms with Crippen molar-refractivity contribution < 1.29 is 22.7 Å². The maximum Gasteiger partial charge on any atom is 0.339 e. The van der Waals surface area contributed by atoms with Crippen LogP contribution in [0, 0.1) is 0 Å². The first-order valence-electron chi connectivity index (χ1n) is 6.65. The van der Waals surface area contributed by atoms with Crippen molar-refractivity contribution in [3.63, 3.8) is 0 Å². The van der Waals surface area contributed by atoms with Gasteiger partial charge in [-0.1, -0.05) is 23.2 Å². The molecule has 0 saturated carbocycles. The topological polar surface area (TPSA) is 95.7 Å². The van der Waals surface area contributed by atoms with Gasteiger partial charge in [-0.15, -0.1) is 0 Å². The van der Waals surface area contributed by atoms with Crippen LogP contribution in [0.3, 0.4) is 0 Å². The normalized spacial score (nSPS) is 11.1. The zero-order valence-electron chi connectivity index (χ0n) is 12.2. The van der Waals surface area contributed by atoms with Gasteiger partial charge in [-0.05, 0) is 42.5 Å². The molecule has 0 aliphatic rings. The fraction of sp³-hybridized carbons (Fsp3) is 0.133. The number of benzene rings is 2. The van der Waals surface area contributed by atoms with E-state index in [1.165, 1.54) is 12.1 Å². The molecule has 2 N–H and O–H groups in total. The molecule has 0 fully saturated rings. The van der Waals surface area contributed by atoms with Gasteiger partial charge in [-0.25, -0.2) is 18.4 Å². The SMILES string of the molecule is NS(=O)(=O)c1ccc(Cl)c(C(=O)OCCOc2ccc(Cl)cc2)c1. The predicted octanol–water partition coefficient (Wildman–Crippen LogP) is 2.88. The molecule has 6 nitrogen and oxygen atoms in total. The molecule has 0 spiro atoms. The first kappa shape index (κ1) is 18.5. The van der Waals surface area contributed by atoms with E-state index in [-0.39, 0.29) is 28.7 Å². The van der Waals surface area contributed by atoms with Gasteiger partial charge in [0.1, 0.15) is 19.0 Å². The van der Waals surface area contributed by atoms with Crippen molar-refractivity contribution >= 4 is 39.2 Å². The number of hydrogen-bond acceptors (Lipinski definition) is 5. The van der Waals surface area contributed by atoms with Crippen molar-refractivity contribution in [1.29, 1.82) is 0 Å². The van der Waals surface area contributed by atoms with E-state index >= 15 is 0 Å². The van der Waals surface area contributed by atoms with Crippen molar-refractivity contribution in [2.24, 2.45) is 5.14 Å². The van der Waals surface area contributed by atoms with E-state index in [0.717, 1.165) is 6.07 Å². The third-order valence-electron chi connectivity index (χ3n) is 2.89. The highest BCUT2D eigenvalue weighted by atomic mass is 35.5. The smallest absolute Gasteiger partial charge is 0.339 e. The number of esters is 1. The summed E-state index contributed by atoms with van der Waals surface area (Å²) in [5.74, 6) is -0.199. The Morgan fingerprint density at radius 1 is 1.04 bits per heavy atom. The molecule has 0 heterocycles. The lowest BCUT2D eigenvalue weighted by Crippen LogP contribution is -2.15. The Morgan fingerprint density at radius 3 is 2.33 bits per heavy atom. The van der Waals surface area contributed by atoms with Crippen LogP contribution in [0.4, 0.5) is 0 Å². The summed E-state index contributed by atoms with van der Waals surface area (Å²) in [6.07, 6.45) is 0. The van der Waals surface area contributed by atoms with E-state index in [9.17, 15) is 13.2 Å². The molecule has 128 valence electrons. The molecule has 0 aliphatic carbocycles. The summed E-state index contributed by atoms with van der Waals surface area (Å²) >= 11 is 11.6. The quantitative estimate of drug-likeness (QED) is 0.605. The minimum atomic E-state index is -3.94. The average Bonchev–Trinajstić information content (AvgIpc) is 2.52. The van der Waals surface area contributed by atoms with Gasteiger partial charge in [0.25, 0.3) is 0 Å². The molecule has 2 rings (SSSR count). The Bertz CT molecular complexity index is 837. The van der Waals surface area contributed by atoms with E-state index in [0.29, 0.717) is 10.8 Å². The summed E-state index contributed by atoms with van der Waals surface area (Å²) < 4.78 is 33.0. The van der Waals surface area contributed by atoms with E-state index in [1.807, 2.05) is 0 Å². The molecule has 0 atom stereocenters. The van der Waals surface area contributed by atoms with E-state index in [4.69, 9.17) is 37.8 Å². The van der Waals surface area contributed by atoms with Crippen LogP contribution >= 0.6 is 23.2 Å². The highest BCUT2D eigenvalue weighted by Crippen LogP contribution is 2.21. The summed E-state index contributed by atoms with van der Waals surface area (Å²) in [6, 6.07) is 10.2. The van der Waals surface area contributed by atoms with Crippen LogP contribution in [-0.4, -0.2) is 27.6 Å². The molecule has 24 heavy (non-hydrogen) atoms. The Labute approximate surface area is 149 Å². The molecule has 0 amide bonds. The summed E-state index contributed by atoms with van der Waals surface area (Å²) in [5.41, 5.74) is -0.0883. The Morgan fingerprint density at radius 2 is 1.71 bits per heavy atom. The number of primary sulfonamides is 1. The van der Waals surface area contributed by atoms with Crippen LogP contribution in [-0.2, 0) is 14.8 Å². The van der Waals surface area contributed by atoms with E-state index < -0.39 is 16.0 Å². The van der Waals surface area contributed by atoms with Crippen molar-refractivity contribution in [2.75, 3.05) is 13.2 Å². The average molecular weight is 390 g/mol. The van der Waals surface area contributed by atoms with Gasteiger partial charge in [0.2, 0.25) is 10.0 Å². The Balaban J connectivity index is 1.94. The number of nitrogens with two attached hydrogens (primary N) is 1. The standard InChI is InChI=1S/C15H13Cl2NO5S/c16-10-1-3-11(4-2-10)22-7-8-23-15(19)13-9-12(24(18,20)21)5-6-14(13)17/h1-6,9H,7-8H2,(H2,18,20,21). The minimum absolute atomic E-state index is 0.0443. The van der Waals surface area contributed by atoms with Crippen molar-refractivity contribution in [3.8, 4) is 5.75 Å². The van der Waals surface area contributed by atoms with Crippen LogP contribution in [0.5, 0.6) is 5.75 Å². The number of rotatable bonds is 6. The minimum Gasteiger partial charge on any atom is -0.490 e. The maximum atomic E-state index is 12.0. The first-order valence-corrected chi connectivity index (χ1v) is 8.95. The number of sulfonamides is 1. The third kappa shape index (κ3) is 5.10. The molecule has 0 aliphatic heterocycles. The largest absolute Gasteiger partial charge is 0.490 e. The number of hydrogen-bond donors (Lipinski definition) is 1. The van der Waals surface area contributed by atoms with Crippen LogP contribution in [0.25, 0.3) is 0 Å². The molecular weight excluding hydrogens is 377 g/mol. The highest BCUT2D eigenvalue weighted by molar-refractivity contribution is 7.89. The number of halogens is 2. The lowest BCUT2D eigenvalue weighted by Gasteiger charge is -2.09. The number of ether oxygens (including phenoxy) is 2. The van der Waals surface area contributed by atoms with E-state index in [2.05, 4.69) is 0 Å². The summed E-state index contributed by atoms with van der Waals surface area (Å²) in [6.45, 7) is 0.0667. The molecule has 0 unspecified atom stereocenters. The number of carbonyl (C=O) groups is 1. The fourth-order valence-corrected chi connectivity index (χ4v) is 2.60. The molecule has 0 aromatic heterocycles. The fourth-order valence-electron chi connectivity index (χ4n) is 1.74. The zero-order chi connectivity index (χ0) is 17.7. The van der Waals surface area contributed by atoms with Crippen molar-refractivity contribution in [2.45, 2.75) is 4.90 Å². The summed E-state index contributed by atoms with van der Waals surface area (Å²) in [5, 5.41) is 5.66. The van der Waals surface area contributed by atoms with Crippen LogP contribution in [0.1, 0.15) is 10.4 Å². The Hall–Kier alpha value is -1.80. The second kappa shape index (κ2) is 7.85. The highest BCUT2D eigenvalue weighted by Gasteiger charge is 2.17. The maximum absolute atomic E-state index is 12.0.